The monoisotopic (exact) mass is 161 g/mol. The molecule has 0 aromatic rings. The Hall–Kier alpha value is -0.570. The lowest BCUT2D eigenvalue weighted by molar-refractivity contribution is -0.121. The quantitative estimate of drug-likeness (QED) is 0.640. The molecule has 0 spiro atoms. The Morgan fingerprint density at radius 3 is 2.55 bits per heavy atom. The van der Waals surface area contributed by atoms with Crippen LogP contribution in [0.3, 0.4) is 0 Å². The molecule has 2 N–H and O–H groups in total. The van der Waals surface area contributed by atoms with Crippen molar-refractivity contribution in [2.24, 2.45) is 5.41 Å². The Balaban J connectivity index is 0. The Kier molecular flexibility index (Phi) is 4.11. The van der Waals surface area contributed by atoms with Crippen LogP contribution in [0.1, 0.15) is 28.6 Å². The van der Waals surface area contributed by atoms with Gasteiger partial charge in [-0.2, -0.15) is 0 Å². The van der Waals surface area contributed by atoms with Crippen LogP contribution in [0, 0.1) is 5.41 Å². The van der Waals surface area contributed by atoms with Gasteiger partial charge in [0.25, 0.3) is 0 Å². The van der Waals surface area contributed by atoms with Crippen molar-refractivity contribution in [2.75, 3.05) is 13.2 Å². The van der Waals surface area contributed by atoms with E-state index < -0.39 is 0 Å². The van der Waals surface area contributed by atoms with E-state index in [-0.39, 0.29) is 19.4 Å². The van der Waals surface area contributed by atoms with Crippen molar-refractivity contribution < 1.29 is 11.3 Å². The first-order chi connectivity index (χ1) is 5.02. The number of hydrogen-bond donors (Lipinski definition) is 2. The maximum absolute atomic E-state index is 10.8. The molecule has 0 aromatic heterocycles. The van der Waals surface area contributed by atoms with Crippen molar-refractivity contribution in [1.82, 2.24) is 5.32 Å². The molecule has 0 aliphatic rings. The third-order valence-corrected chi connectivity index (χ3v) is 1.51. The Labute approximate surface area is 69.3 Å². The van der Waals surface area contributed by atoms with Gasteiger partial charge in [-0.05, 0) is 0 Å². The summed E-state index contributed by atoms with van der Waals surface area (Å²) in [5.41, 5.74) is -0.204. The number of nitrogens with one attached hydrogen (secondary N) is 1. The van der Waals surface area contributed by atoms with Crippen LogP contribution < -0.4 is 5.32 Å². The number of hydrogen-bond acceptors (Lipinski definition) is 2. The molecule has 0 heterocycles. The van der Waals surface area contributed by atoms with E-state index in [9.17, 15) is 4.79 Å². The molecule has 0 aliphatic heterocycles. The summed E-state index contributed by atoms with van der Waals surface area (Å²) in [6.07, 6.45) is 0.501. The zero-order valence-electron chi connectivity index (χ0n) is 7.48. The second-order valence-electron chi connectivity index (χ2n) is 3.45. The average molecular weight is 161 g/mol. The van der Waals surface area contributed by atoms with E-state index in [0.29, 0.717) is 13.0 Å². The van der Waals surface area contributed by atoms with Crippen molar-refractivity contribution in [1.29, 1.82) is 0 Å². The van der Waals surface area contributed by atoms with Crippen LogP contribution in [0.5, 0.6) is 0 Å². The predicted molar refractivity (Wildman–Crippen MR) is 46.3 cm³/mol. The molecule has 0 aliphatic carbocycles. The van der Waals surface area contributed by atoms with Gasteiger partial charge in [-0.25, -0.2) is 0 Å². The van der Waals surface area contributed by atoms with Gasteiger partial charge in [0.05, 0.1) is 0 Å². The number of aliphatic hydroxyl groups is 1. The molecule has 11 heavy (non-hydrogen) atoms. The number of carbonyl (C=O) groups excluding carboxylic acids is 1. The van der Waals surface area contributed by atoms with Crippen molar-refractivity contribution in [3.63, 3.8) is 0 Å². The van der Waals surface area contributed by atoms with E-state index in [0.717, 1.165) is 0 Å². The smallest absolute Gasteiger partial charge is 0.219 e. The van der Waals surface area contributed by atoms with Crippen LogP contribution in [0.2, 0.25) is 0 Å². The first-order valence-electron chi connectivity index (χ1n) is 3.89. The highest BCUT2D eigenvalue weighted by molar-refractivity contribution is 5.75. The van der Waals surface area contributed by atoms with E-state index >= 15 is 0 Å². The maximum Gasteiger partial charge on any atom is 0.219 e. The van der Waals surface area contributed by atoms with Crippen LogP contribution in [0.15, 0.2) is 0 Å². The summed E-state index contributed by atoms with van der Waals surface area (Å²) < 4.78 is 0. The minimum atomic E-state index is -0.204. The molecule has 0 radical (unpaired) electrons. The normalized spacial score (nSPS) is 11.3. The van der Waals surface area contributed by atoms with Gasteiger partial charge >= 0.3 is 0 Å². The first-order valence-corrected chi connectivity index (χ1v) is 3.89. The van der Waals surface area contributed by atoms with Crippen molar-refractivity contribution >= 4 is 5.91 Å². The molecule has 0 aromatic carbocycles. The summed E-state index contributed by atoms with van der Waals surface area (Å²) in [4.78, 5) is 10.8. The van der Waals surface area contributed by atoms with Crippen LogP contribution in [-0.2, 0) is 4.79 Å². The minimum Gasteiger partial charge on any atom is -0.396 e. The first kappa shape index (κ1) is 10.4. The van der Waals surface area contributed by atoms with Gasteiger partial charge in [0.15, 0.2) is 0 Å². The largest absolute Gasteiger partial charge is 0.396 e. The number of rotatable bonds is 4. The van der Waals surface area contributed by atoms with Gasteiger partial charge in [0.1, 0.15) is 0 Å². The van der Waals surface area contributed by atoms with E-state index in [1.54, 1.807) is 6.92 Å². The molecule has 3 nitrogen and oxygen atoms in total. The molecule has 0 fully saturated rings. The standard InChI is InChI=1S/C8H17NO2.H2/c1-4-7(11)9-5-8(2,3)6-10;/h10H,4-6H2,1-3H3,(H,9,11);1H. The average Bonchev–Trinajstić information content (AvgIpc) is 2.00. The van der Waals surface area contributed by atoms with Crippen LogP contribution in [-0.4, -0.2) is 24.2 Å². The molecule has 0 saturated carbocycles. The van der Waals surface area contributed by atoms with Crippen molar-refractivity contribution in [2.45, 2.75) is 27.2 Å². The summed E-state index contributed by atoms with van der Waals surface area (Å²) in [5, 5.41) is 11.6. The molecular weight excluding hydrogens is 142 g/mol. The lowest BCUT2D eigenvalue weighted by Crippen LogP contribution is -2.35. The SMILES string of the molecule is CCC(=O)NCC(C)(C)CO.[HH]. The summed E-state index contributed by atoms with van der Waals surface area (Å²) in [7, 11) is 0. The number of carbonyl (C=O) groups is 1. The molecule has 0 rings (SSSR count). The van der Waals surface area contributed by atoms with E-state index in [1.165, 1.54) is 0 Å². The van der Waals surface area contributed by atoms with Crippen molar-refractivity contribution in [3.05, 3.63) is 0 Å². The Morgan fingerprint density at radius 1 is 1.64 bits per heavy atom. The third-order valence-electron chi connectivity index (χ3n) is 1.51. The van der Waals surface area contributed by atoms with E-state index in [4.69, 9.17) is 5.11 Å². The maximum atomic E-state index is 10.8. The lowest BCUT2D eigenvalue weighted by Gasteiger charge is -2.21. The Morgan fingerprint density at radius 2 is 2.18 bits per heavy atom. The second-order valence-corrected chi connectivity index (χ2v) is 3.45. The molecule has 3 heteroatoms. The summed E-state index contributed by atoms with van der Waals surface area (Å²) in [5.74, 6) is 0.0338. The summed E-state index contributed by atoms with van der Waals surface area (Å²) >= 11 is 0. The second kappa shape index (κ2) is 4.34. The molecule has 0 atom stereocenters. The zero-order chi connectivity index (χ0) is 8.91. The molecule has 0 bridgehead atoms. The molecular formula is C8H19NO2. The summed E-state index contributed by atoms with van der Waals surface area (Å²) in [6, 6.07) is 0. The highest BCUT2D eigenvalue weighted by Crippen LogP contribution is 2.10. The fourth-order valence-electron chi connectivity index (χ4n) is 0.519. The fraction of sp³-hybridized carbons (Fsp3) is 0.875. The number of aliphatic hydroxyl groups excluding tert-OH is 1. The van der Waals surface area contributed by atoms with Crippen LogP contribution in [0.25, 0.3) is 0 Å². The Bertz CT molecular complexity index is 137. The molecule has 1 amide bonds. The van der Waals surface area contributed by atoms with Gasteiger partial charge in [0, 0.05) is 26.4 Å². The van der Waals surface area contributed by atoms with Gasteiger partial charge in [-0.1, -0.05) is 20.8 Å². The lowest BCUT2D eigenvalue weighted by atomic mass is 9.95. The highest BCUT2D eigenvalue weighted by Gasteiger charge is 2.16. The molecule has 0 unspecified atom stereocenters. The topological polar surface area (TPSA) is 49.3 Å². The molecule has 0 saturated heterocycles. The minimum absolute atomic E-state index is 0. The van der Waals surface area contributed by atoms with Gasteiger partial charge in [-0.15, -0.1) is 0 Å². The fourth-order valence-corrected chi connectivity index (χ4v) is 0.519. The highest BCUT2D eigenvalue weighted by atomic mass is 16.3. The molecule has 68 valence electrons. The zero-order valence-corrected chi connectivity index (χ0v) is 7.48. The van der Waals surface area contributed by atoms with Gasteiger partial charge in [-0.3, -0.25) is 4.79 Å². The predicted octanol–water partition coefficient (Wildman–Crippen LogP) is 0.777. The van der Waals surface area contributed by atoms with Crippen molar-refractivity contribution in [3.8, 4) is 0 Å². The van der Waals surface area contributed by atoms with Gasteiger partial charge < -0.3 is 10.4 Å². The van der Waals surface area contributed by atoms with Crippen LogP contribution >= 0.6 is 0 Å². The summed E-state index contributed by atoms with van der Waals surface area (Å²) in [6.45, 7) is 6.25. The van der Waals surface area contributed by atoms with E-state index in [1.807, 2.05) is 13.8 Å². The number of amides is 1. The van der Waals surface area contributed by atoms with Gasteiger partial charge in [0.2, 0.25) is 5.91 Å². The van der Waals surface area contributed by atoms with E-state index in [2.05, 4.69) is 5.32 Å². The third kappa shape index (κ3) is 4.79. The van der Waals surface area contributed by atoms with Crippen LogP contribution in [0.4, 0.5) is 0 Å².